The van der Waals surface area contributed by atoms with Crippen LogP contribution in [-0.4, -0.2) is 64.0 Å². The van der Waals surface area contributed by atoms with Crippen LogP contribution in [0.1, 0.15) is 67.4 Å². The summed E-state index contributed by atoms with van der Waals surface area (Å²) in [5, 5.41) is 7.22. The van der Waals surface area contributed by atoms with Gasteiger partial charge < -0.3 is 19.3 Å². The second-order valence-electron chi connectivity index (χ2n) is 12.1. The van der Waals surface area contributed by atoms with Gasteiger partial charge in [0.15, 0.2) is 5.82 Å². The molecule has 238 valence electrons. The van der Waals surface area contributed by atoms with Gasteiger partial charge in [-0.3, -0.25) is 9.69 Å². The maximum absolute atomic E-state index is 14.2. The quantitative estimate of drug-likeness (QED) is 0.254. The van der Waals surface area contributed by atoms with Crippen molar-refractivity contribution < 1.29 is 27.2 Å². The minimum Gasteiger partial charge on any atom is -0.374 e. The topological polar surface area (TPSA) is 114 Å². The molecule has 11 heteroatoms. The Morgan fingerprint density at radius 1 is 1.07 bits per heavy atom. The first kappa shape index (κ1) is 32.2. The first-order chi connectivity index (χ1) is 21.1. The van der Waals surface area contributed by atoms with Crippen LogP contribution in [0.5, 0.6) is 0 Å². The molecule has 1 heterocycles. The molecule has 0 bridgehead atoms. The Morgan fingerprint density at radius 3 is 2.43 bits per heavy atom. The summed E-state index contributed by atoms with van der Waals surface area (Å²) < 4.78 is 46.3. The SMILES string of the molecule is COCN(c1noc(C)c1C)S(=O)(=O)c1ccccc1-c1ccc(CNC(=O)C2(N(C)C)CCCCC2)cc1COC1CC1. The Hall–Kier alpha value is -3.25. The van der Waals surface area contributed by atoms with E-state index in [9.17, 15) is 13.2 Å². The van der Waals surface area contributed by atoms with E-state index >= 15 is 0 Å². The fourth-order valence-electron chi connectivity index (χ4n) is 5.98. The summed E-state index contributed by atoms with van der Waals surface area (Å²) in [5.74, 6) is 0.776. The number of likely N-dealkylation sites (N-methyl/N-ethyl adjacent to an activating group) is 1. The third kappa shape index (κ3) is 6.56. The summed E-state index contributed by atoms with van der Waals surface area (Å²) in [6.45, 7) is 3.99. The van der Waals surface area contributed by atoms with E-state index in [0.717, 1.165) is 65.9 Å². The molecule has 2 saturated carbocycles. The summed E-state index contributed by atoms with van der Waals surface area (Å²) in [6, 6.07) is 12.8. The van der Waals surface area contributed by atoms with Crippen LogP contribution in [0, 0.1) is 13.8 Å². The number of ether oxygens (including phenoxy) is 2. The number of nitrogens with zero attached hydrogens (tertiary/aromatic N) is 3. The van der Waals surface area contributed by atoms with Crippen molar-refractivity contribution in [1.29, 1.82) is 0 Å². The molecule has 2 aromatic carbocycles. The van der Waals surface area contributed by atoms with Crippen molar-refractivity contribution in [3.63, 3.8) is 0 Å². The zero-order valence-electron chi connectivity index (χ0n) is 26.4. The van der Waals surface area contributed by atoms with Crippen LogP contribution in [0.3, 0.4) is 0 Å². The molecule has 2 aliphatic carbocycles. The highest BCUT2D eigenvalue weighted by Crippen LogP contribution is 2.37. The van der Waals surface area contributed by atoms with Crippen LogP contribution in [-0.2, 0) is 37.4 Å². The van der Waals surface area contributed by atoms with Crippen molar-refractivity contribution >= 4 is 21.7 Å². The van der Waals surface area contributed by atoms with Gasteiger partial charge in [-0.05, 0) is 76.4 Å². The molecule has 0 atom stereocenters. The molecule has 2 aliphatic rings. The maximum atomic E-state index is 14.2. The molecule has 5 rings (SSSR count). The van der Waals surface area contributed by atoms with E-state index in [1.165, 1.54) is 7.11 Å². The standard InChI is InChI=1S/C33H44N4O6S/c1-23-24(2)43-35-31(23)37(22-41-5)44(39,40)30-12-8-7-11-29(30)28-16-13-25(19-26(28)21-42-27-14-15-27)20-34-32(38)33(36(3)4)17-9-6-10-18-33/h7-8,11-13,16,19,27H,6,9-10,14-15,17-18,20-22H2,1-5H3,(H,34,38). The molecule has 1 aromatic heterocycles. The number of carbonyl (C=O) groups excluding carboxylic acids is 1. The highest BCUT2D eigenvalue weighted by atomic mass is 32.2. The minimum absolute atomic E-state index is 0.0510. The summed E-state index contributed by atoms with van der Waals surface area (Å²) >= 11 is 0. The molecular formula is C33H44N4O6S. The van der Waals surface area contributed by atoms with Crippen LogP contribution >= 0.6 is 0 Å². The largest absolute Gasteiger partial charge is 0.374 e. The zero-order chi connectivity index (χ0) is 31.5. The number of amides is 1. The highest BCUT2D eigenvalue weighted by molar-refractivity contribution is 7.93. The van der Waals surface area contributed by atoms with Crippen LogP contribution < -0.4 is 9.62 Å². The van der Waals surface area contributed by atoms with Crippen molar-refractivity contribution in [3.05, 3.63) is 64.9 Å². The van der Waals surface area contributed by atoms with Gasteiger partial charge in [0.1, 0.15) is 12.5 Å². The summed E-state index contributed by atoms with van der Waals surface area (Å²) in [7, 11) is 1.29. The molecule has 0 radical (unpaired) electrons. The van der Waals surface area contributed by atoms with Gasteiger partial charge in [0, 0.05) is 24.8 Å². The minimum atomic E-state index is -4.12. The number of aromatic nitrogens is 1. The average molecular weight is 625 g/mol. The number of hydrogen-bond donors (Lipinski definition) is 1. The fraction of sp³-hybridized carbons (Fsp3) is 0.515. The third-order valence-corrected chi connectivity index (χ3v) is 10.7. The molecule has 10 nitrogen and oxygen atoms in total. The Kier molecular flexibility index (Phi) is 9.79. The second kappa shape index (κ2) is 13.4. The van der Waals surface area contributed by atoms with Gasteiger partial charge in [0.05, 0.1) is 23.1 Å². The highest BCUT2D eigenvalue weighted by Gasteiger charge is 2.41. The number of hydrogen-bond acceptors (Lipinski definition) is 8. The number of aryl methyl sites for hydroxylation is 1. The van der Waals surface area contributed by atoms with E-state index in [2.05, 4.69) is 15.4 Å². The van der Waals surface area contributed by atoms with E-state index < -0.39 is 15.6 Å². The number of rotatable bonds is 13. The monoisotopic (exact) mass is 624 g/mol. The van der Waals surface area contributed by atoms with Crippen LogP contribution in [0.4, 0.5) is 5.82 Å². The van der Waals surface area contributed by atoms with Crippen molar-refractivity contribution in [2.24, 2.45) is 0 Å². The van der Waals surface area contributed by atoms with E-state index in [1.54, 1.807) is 32.0 Å². The van der Waals surface area contributed by atoms with Gasteiger partial charge in [0.25, 0.3) is 10.0 Å². The molecule has 44 heavy (non-hydrogen) atoms. The molecule has 0 aliphatic heterocycles. The van der Waals surface area contributed by atoms with Crippen molar-refractivity contribution in [3.8, 4) is 11.1 Å². The van der Waals surface area contributed by atoms with E-state index in [4.69, 9.17) is 14.0 Å². The maximum Gasteiger partial charge on any atom is 0.268 e. The average Bonchev–Trinajstić information content (AvgIpc) is 3.81. The summed E-state index contributed by atoms with van der Waals surface area (Å²) in [5.41, 5.74) is 3.22. The number of benzene rings is 2. The van der Waals surface area contributed by atoms with Gasteiger partial charge in [0.2, 0.25) is 5.91 Å². The number of sulfonamides is 1. The van der Waals surface area contributed by atoms with Gasteiger partial charge >= 0.3 is 0 Å². The Bertz CT molecular complexity index is 1570. The van der Waals surface area contributed by atoms with E-state index in [-0.39, 0.29) is 29.5 Å². The van der Waals surface area contributed by atoms with Crippen molar-refractivity contribution in [2.75, 3.05) is 32.2 Å². The number of anilines is 1. The summed E-state index contributed by atoms with van der Waals surface area (Å²) in [4.78, 5) is 15.7. The number of carbonyl (C=O) groups is 1. The lowest BCUT2D eigenvalue weighted by atomic mass is 9.80. The predicted molar refractivity (Wildman–Crippen MR) is 169 cm³/mol. The van der Waals surface area contributed by atoms with Crippen LogP contribution in [0.25, 0.3) is 11.1 Å². The van der Waals surface area contributed by atoms with Gasteiger partial charge in [-0.15, -0.1) is 0 Å². The van der Waals surface area contributed by atoms with Crippen molar-refractivity contribution in [2.45, 2.75) is 88.5 Å². The molecule has 3 aromatic rings. The predicted octanol–water partition coefficient (Wildman–Crippen LogP) is 5.32. The van der Waals surface area contributed by atoms with Crippen molar-refractivity contribution in [1.82, 2.24) is 15.4 Å². The normalized spacial score (nSPS) is 16.7. The van der Waals surface area contributed by atoms with E-state index in [0.29, 0.717) is 30.0 Å². The number of methoxy groups -OCH3 is 1. The summed E-state index contributed by atoms with van der Waals surface area (Å²) in [6.07, 6.45) is 7.20. The zero-order valence-corrected chi connectivity index (χ0v) is 27.2. The molecule has 0 spiro atoms. The lowest BCUT2D eigenvalue weighted by Gasteiger charge is -2.41. The molecule has 1 N–H and O–H groups in total. The molecule has 2 fully saturated rings. The lowest BCUT2D eigenvalue weighted by molar-refractivity contribution is -0.134. The first-order valence-electron chi connectivity index (χ1n) is 15.3. The third-order valence-electron chi connectivity index (χ3n) is 8.94. The van der Waals surface area contributed by atoms with Crippen LogP contribution in [0.2, 0.25) is 0 Å². The number of nitrogens with one attached hydrogen (secondary N) is 1. The van der Waals surface area contributed by atoms with Crippen LogP contribution in [0.15, 0.2) is 51.9 Å². The molecule has 0 saturated heterocycles. The Morgan fingerprint density at radius 2 is 1.80 bits per heavy atom. The molecular weight excluding hydrogens is 580 g/mol. The van der Waals surface area contributed by atoms with E-state index in [1.807, 2.05) is 38.4 Å². The Labute approximate surface area is 260 Å². The molecule has 1 amide bonds. The Balaban J connectivity index is 1.48. The smallest absolute Gasteiger partial charge is 0.268 e. The lowest BCUT2D eigenvalue weighted by Crippen LogP contribution is -2.57. The van der Waals surface area contributed by atoms with Gasteiger partial charge in [-0.1, -0.05) is 60.8 Å². The second-order valence-corrected chi connectivity index (χ2v) is 14.0. The fourth-order valence-corrected chi connectivity index (χ4v) is 7.56. The van der Waals surface area contributed by atoms with Gasteiger partial charge in [-0.25, -0.2) is 12.7 Å². The van der Waals surface area contributed by atoms with Gasteiger partial charge in [-0.2, -0.15) is 0 Å². The first-order valence-corrected chi connectivity index (χ1v) is 16.8. The molecule has 0 unspecified atom stereocenters.